The molecule has 1 aliphatic heterocycles. The van der Waals surface area contributed by atoms with Gasteiger partial charge in [0.2, 0.25) is 0 Å². The van der Waals surface area contributed by atoms with E-state index in [1.54, 1.807) is 0 Å². The van der Waals surface area contributed by atoms with E-state index in [4.69, 9.17) is 11.6 Å². The van der Waals surface area contributed by atoms with Crippen molar-refractivity contribution < 1.29 is 20.9 Å². The van der Waals surface area contributed by atoms with Crippen molar-refractivity contribution in [3.63, 3.8) is 0 Å². The van der Waals surface area contributed by atoms with Gasteiger partial charge in [0.05, 0.1) is 6.10 Å². The highest BCUT2D eigenvalue weighted by atomic mass is 35.5. The maximum atomic E-state index is 12.6. The first-order chi connectivity index (χ1) is 14.6. The van der Waals surface area contributed by atoms with Crippen LogP contribution >= 0.6 is 11.6 Å². The number of hydrogen-bond donors (Lipinski definition) is 3. The van der Waals surface area contributed by atoms with Crippen molar-refractivity contribution in [2.75, 3.05) is 19.6 Å². The minimum atomic E-state index is -0.194. The maximum Gasteiger partial charge on any atom is 0.315 e. The molecule has 1 heterocycles. The summed E-state index contributed by atoms with van der Waals surface area (Å²) < 4.78 is 0. The van der Waals surface area contributed by atoms with Crippen molar-refractivity contribution in [1.29, 1.82) is 0 Å². The first kappa shape index (κ1) is 33.4. The van der Waals surface area contributed by atoms with Gasteiger partial charge in [-0.3, -0.25) is 0 Å². The number of carbonyl (C=O) groups excluding carboxylic acids is 1. The predicted molar refractivity (Wildman–Crippen MR) is 142 cm³/mol. The summed E-state index contributed by atoms with van der Waals surface area (Å²) in [5.41, 5.74) is 0.300. The summed E-state index contributed by atoms with van der Waals surface area (Å²) in [7, 11) is 0. The molecule has 204 valence electrons. The van der Waals surface area contributed by atoms with Crippen LogP contribution in [0.1, 0.15) is 92.9 Å². The van der Waals surface area contributed by atoms with Crippen LogP contribution < -0.4 is 10.6 Å². The fourth-order valence-electron chi connectivity index (χ4n) is 6.31. The van der Waals surface area contributed by atoms with E-state index in [2.05, 4.69) is 43.2 Å². The normalized spacial score (nSPS) is 32.4. The average molecular weight is 508 g/mol. The number of nitrogens with one attached hydrogen (secondary N) is 2. The zero-order chi connectivity index (χ0) is 22.6. The predicted octanol–water partition coefficient (Wildman–Crippen LogP) is 3.75. The molecule has 2 saturated carbocycles. The van der Waals surface area contributed by atoms with Crippen LogP contribution in [0.5, 0.6) is 0 Å². The van der Waals surface area contributed by atoms with Gasteiger partial charge in [0.1, 0.15) is 0 Å². The fraction of sp³-hybridized carbons (Fsp3) is 0.962. The van der Waals surface area contributed by atoms with E-state index < -0.39 is 0 Å². The van der Waals surface area contributed by atoms with Gasteiger partial charge < -0.3 is 31.6 Å². The Morgan fingerprint density at radius 3 is 2.15 bits per heavy atom. The van der Waals surface area contributed by atoms with Crippen LogP contribution in [0.4, 0.5) is 4.79 Å². The largest absolute Gasteiger partial charge is 0.412 e. The quantitative estimate of drug-likeness (QED) is 0.473. The number of carbonyl (C=O) groups is 1. The number of hydrogen-bond acceptors (Lipinski definition) is 3. The number of rotatable bonds is 6. The maximum absolute atomic E-state index is 12.6. The van der Waals surface area contributed by atoms with Crippen molar-refractivity contribution in [1.82, 2.24) is 15.5 Å². The van der Waals surface area contributed by atoms with Gasteiger partial charge in [0, 0.05) is 30.6 Å². The second-order valence-electron chi connectivity index (χ2n) is 11.6. The monoisotopic (exact) mass is 507 g/mol. The number of amides is 2. The zero-order valence-electron chi connectivity index (χ0n) is 21.2. The van der Waals surface area contributed by atoms with Crippen molar-refractivity contribution in [2.45, 2.75) is 116 Å². The number of aliphatic hydroxyl groups excluding tert-OH is 1. The highest BCUT2D eigenvalue weighted by molar-refractivity contribution is 6.20. The molecule has 7 nitrogen and oxygen atoms in total. The first-order valence-electron chi connectivity index (χ1n) is 12.8. The van der Waals surface area contributed by atoms with E-state index in [0.29, 0.717) is 16.7 Å². The van der Waals surface area contributed by atoms with Gasteiger partial charge in [-0.15, -0.1) is 11.6 Å². The van der Waals surface area contributed by atoms with Crippen LogP contribution in [0.25, 0.3) is 0 Å². The highest BCUT2D eigenvalue weighted by Gasteiger charge is 2.41. The summed E-state index contributed by atoms with van der Waals surface area (Å²) in [5, 5.41) is 16.5. The first-order valence-corrected chi connectivity index (χ1v) is 13.2. The Bertz CT molecular complexity index is 576. The van der Waals surface area contributed by atoms with Crippen molar-refractivity contribution in [3.8, 4) is 0 Å². The summed E-state index contributed by atoms with van der Waals surface area (Å²) in [5.74, 6) is 1.99. The lowest BCUT2D eigenvalue weighted by Gasteiger charge is -2.49. The van der Waals surface area contributed by atoms with Crippen molar-refractivity contribution in [2.24, 2.45) is 23.2 Å². The number of piperidine rings is 1. The molecule has 0 aromatic carbocycles. The Morgan fingerprint density at radius 2 is 1.62 bits per heavy atom. The number of urea groups is 1. The number of likely N-dealkylation sites (tertiary alicyclic amines) is 1. The number of aliphatic hydroxyl groups is 1. The minimum Gasteiger partial charge on any atom is -0.412 e. The number of halogens is 1. The van der Waals surface area contributed by atoms with Crippen molar-refractivity contribution in [3.05, 3.63) is 0 Å². The van der Waals surface area contributed by atoms with Crippen LogP contribution in [0.3, 0.4) is 0 Å². The van der Waals surface area contributed by atoms with Crippen LogP contribution in [-0.2, 0) is 0 Å². The minimum absolute atomic E-state index is 0. The molecule has 1 unspecified atom stereocenters. The molecule has 7 N–H and O–H groups in total. The van der Waals surface area contributed by atoms with Crippen LogP contribution in [0.2, 0.25) is 0 Å². The van der Waals surface area contributed by atoms with E-state index in [1.165, 1.54) is 32.1 Å². The molecule has 1 saturated heterocycles. The molecule has 3 fully saturated rings. The van der Waals surface area contributed by atoms with Crippen LogP contribution in [0, 0.1) is 23.2 Å². The molecule has 2 aliphatic carbocycles. The topological polar surface area (TPSA) is 128 Å². The van der Waals surface area contributed by atoms with Crippen LogP contribution in [0.15, 0.2) is 0 Å². The van der Waals surface area contributed by atoms with Crippen LogP contribution in [-0.4, -0.2) is 70.2 Å². The molecule has 0 spiro atoms. The van der Waals surface area contributed by atoms with Crippen molar-refractivity contribution >= 4 is 17.6 Å². The van der Waals surface area contributed by atoms with Gasteiger partial charge in [-0.2, -0.15) is 0 Å². The molecule has 3 aliphatic rings. The van der Waals surface area contributed by atoms with Gasteiger partial charge in [0.25, 0.3) is 0 Å². The molecule has 34 heavy (non-hydrogen) atoms. The SMILES string of the molecule is C.CC(C)[C@H](CN1CCC(C2CCC(Cl)CC2)C(C)(C)C1)NC(=O)NC1CCC(O)CC1.O.O. The second-order valence-corrected chi connectivity index (χ2v) is 12.2. The Hall–Kier alpha value is -0.600. The van der Waals surface area contributed by atoms with E-state index in [9.17, 15) is 9.90 Å². The molecule has 0 bridgehead atoms. The Balaban J connectivity index is 0.00000363. The summed E-state index contributed by atoms with van der Waals surface area (Å²) in [6.45, 7) is 12.4. The third-order valence-corrected chi connectivity index (χ3v) is 8.71. The van der Waals surface area contributed by atoms with Gasteiger partial charge in [-0.1, -0.05) is 35.1 Å². The number of alkyl halides is 1. The van der Waals surface area contributed by atoms with Gasteiger partial charge in [-0.05, 0) is 87.5 Å². The molecule has 2 atom stereocenters. The van der Waals surface area contributed by atoms with E-state index >= 15 is 0 Å². The zero-order valence-corrected chi connectivity index (χ0v) is 22.0. The Morgan fingerprint density at radius 1 is 1.03 bits per heavy atom. The summed E-state index contributed by atoms with van der Waals surface area (Å²) >= 11 is 6.35. The lowest BCUT2D eigenvalue weighted by Crippen LogP contribution is -2.56. The number of nitrogens with zero attached hydrogens (tertiary/aromatic N) is 1. The highest BCUT2D eigenvalue weighted by Crippen LogP contribution is 2.45. The Labute approximate surface area is 213 Å². The molecule has 8 heteroatoms. The van der Waals surface area contributed by atoms with E-state index in [0.717, 1.165) is 57.2 Å². The van der Waals surface area contributed by atoms with E-state index in [-0.39, 0.29) is 42.6 Å². The third kappa shape index (κ3) is 9.45. The molecule has 0 aromatic rings. The summed E-state index contributed by atoms with van der Waals surface area (Å²) in [4.78, 5) is 15.2. The fourth-order valence-corrected chi connectivity index (χ4v) is 6.56. The lowest BCUT2D eigenvalue weighted by atomic mass is 9.64. The molecule has 3 rings (SSSR count). The molecule has 0 radical (unpaired) electrons. The van der Waals surface area contributed by atoms with Gasteiger partial charge in [-0.25, -0.2) is 4.79 Å². The lowest BCUT2D eigenvalue weighted by molar-refractivity contribution is 0.00541. The molecular formula is C26H54ClN3O4. The smallest absolute Gasteiger partial charge is 0.315 e. The summed E-state index contributed by atoms with van der Waals surface area (Å²) in [6.07, 6.45) is 9.31. The second kappa shape index (κ2) is 14.8. The third-order valence-electron chi connectivity index (χ3n) is 8.27. The standard InChI is InChI=1S/C25H46ClN3O2.CH4.2H2O/c1-17(2)23(28-24(31)27-20-9-11-21(30)12-10-20)15-29-14-13-22(25(3,4)16-29)18-5-7-19(26)8-6-18;;;/h17-23,30H,5-16H2,1-4H3,(H2,27,28,31);1H4;2*1H2/t18?,19?,20?,21?,22?,23-;;;/m0.../s1. The summed E-state index contributed by atoms with van der Waals surface area (Å²) in [6, 6.07) is 0.286. The molecular weight excluding hydrogens is 454 g/mol. The Kier molecular flexibility index (Phi) is 14.6. The molecule has 0 aromatic heterocycles. The van der Waals surface area contributed by atoms with Gasteiger partial charge in [0.15, 0.2) is 0 Å². The van der Waals surface area contributed by atoms with Gasteiger partial charge >= 0.3 is 6.03 Å². The molecule has 2 amide bonds. The average Bonchev–Trinajstić information content (AvgIpc) is 2.69. The van der Waals surface area contributed by atoms with E-state index in [1.807, 2.05) is 0 Å².